The third-order valence-corrected chi connectivity index (χ3v) is 13.3. The first-order chi connectivity index (χ1) is 21.3. The fourth-order valence-corrected chi connectivity index (χ4v) is 11.1. The normalized spacial score (nSPS) is 38.8. The highest BCUT2D eigenvalue weighted by Gasteiger charge is 2.78. The summed E-state index contributed by atoms with van der Waals surface area (Å²) in [6.45, 7) is 5.10. The average Bonchev–Trinajstić information content (AvgIpc) is 3.73. The van der Waals surface area contributed by atoms with Gasteiger partial charge in [0.1, 0.15) is 6.17 Å². The predicted molar refractivity (Wildman–Crippen MR) is 165 cm³/mol. The number of halogens is 2. The number of allylic oxidation sites excluding steroid dienone is 4. The van der Waals surface area contributed by atoms with E-state index in [1.165, 1.54) is 60.6 Å². The van der Waals surface area contributed by atoms with Crippen LogP contribution < -0.4 is 0 Å². The summed E-state index contributed by atoms with van der Waals surface area (Å²) in [5.74, 6) is -4.03. The third kappa shape index (κ3) is 4.15. The highest BCUT2D eigenvalue weighted by Crippen LogP contribution is 2.71. The number of carbonyl (C=O) groups excluding carboxylic acids is 3. The number of ketones is 2. The molecular formula is C34H33F2NO6S2. The molecule has 45 heavy (non-hydrogen) atoms. The molecule has 4 aliphatic carbocycles. The minimum atomic E-state index is -2.32. The van der Waals surface area contributed by atoms with Crippen LogP contribution in [0.1, 0.15) is 50.6 Å². The smallest absolute Gasteiger partial charge is 0.375 e. The van der Waals surface area contributed by atoms with Gasteiger partial charge >= 0.3 is 5.97 Å². The summed E-state index contributed by atoms with van der Waals surface area (Å²) < 4.78 is 46.9. The van der Waals surface area contributed by atoms with Gasteiger partial charge in [0, 0.05) is 22.7 Å². The number of esters is 1. The van der Waals surface area contributed by atoms with Crippen LogP contribution in [0, 0.1) is 28.6 Å². The number of para-hydroxylation sites is 1. The number of aliphatic hydroxyl groups is 1. The van der Waals surface area contributed by atoms with Crippen LogP contribution in [0.3, 0.4) is 0 Å². The minimum Gasteiger partial charge on any atom is -0.457 e. The van der Waals surface area contributed by atoms with Gasteiger partial charge in [0.05, 0.1) is 28.3 Å². The van der Waals surface area contributed by atoms with E-state index in [0.29, 0.717) is 4.34 Å². The van der Waals surface area contributed by atoms with Crippen molar-refractivity contribution in [3.63, 3.8) is 0 Å². The first kappa shape index (κ1) is 30.5. The maximum Gasteiger partial charge on any atom is 0.375 e. The molecule has 2 heterocycles. The van der Waals surface area contributed by atoms with E-state index in [-0.39, 0.29) is 42.1 Å². The van der Waals surface area contributed by atoms with Crippen molar-refractivity contribution in [2.75, 3.05) is 5.75 Å². The largest absolute Gasteiger partial charge is 0.457 e. The number of thioether (sulfide) groups is 1. The number of alkyl halides is 2. The summed E-state index contributed by atoms with van der Waals surface area (Å²) in [7, 11) is 0. The van der Waals surface area contributed by atoms with Crippen LogP contribution in [-0.4, -0.2) is 56.9 Å². The second-order valence-electron chi connectivity index (χ2n) is 13.3. The standard InChI is InChI=1S/C34H33F2NO6S2/c1-18-13-20-21-15-23(35)22-14-19(38)10-11-31(22,2)33(21,36)27(39)16-32(20,3)34(18,43-29(41)25-8-6-12-42-25)28(40)17-44-30-37-24-7-4-5-9-26(24)45-30/h4-12,14,18,20-21,23,27,39H,13,15-17H2,1-3H3/t18-,20?,21?,23+,27+,31?,32?,33+,34+/m1/s1. The topological polar surface area (TPSA) is 107 Å². The second kappa shape index (κ2) is 10.4. The number of fused-ring (bicyclic) bond motifs is 6. The van der Waals surface area contributed by atoms with Crippen molar-refractivity contribution in [1.29, 1.82) is 0 Å². The van der Waals surface area contributed by atoms with Crippen molar-refractivity contribution in [2.24, 2.45) is 28.6 Å². The number of aromatic nitrogens is 1. The van der Waals surface area contributed by atoms with E-state index in [4.69, 9.17) is 9.15 Å². The molecule has 4 aliphatic rings. The molecule has 1 N–H and O–H groups in total. The van der Waals surface area contributed by atoms with Crippen LogP contribution in [0.2, 0.25) is 0 Å². The number of rotatable bonds is 6. The number of nitrogens with zero attached hydrogens (tertiary/aromatic N) is 1. The Balaban J connectivity index is 1.29. The molecule has 2 aromatic heterocycles. The fourth-order valence-electron chi connectivity index (χ4n) is 9.13. The van der Waals surface area contributed by atoms with Crippen LogP contribution in [0.5, 0.6) is 0 Å². The quantitative estimate of drug-likeness (QED) is 0.231. The molecule has 7 rings (SSSR count). The highest BCUT2D eigenvalue weighted by molar-refractivity contribution is 8.01. The number of furan rings is 1. The molecule has 3 saturated carbocycles. The lowest BCUT2D eigenvalue weighted by atomic mass is 9.44. The first-order valence-electron chi connectivity index (χ1n) is 15.1. The van der Waals surface area contributed by atoms with Crippen LogP contribution in [-0.2, 0) is 14.3 Å². The van der Waals surface area contributed by atoms with Gasteiger partial charge in [-0.25, -0.2) is 18.6 Å². The average molecular weight is 654 g/mol. The molecule has 9 atom stereocenters. The van der Waals surface area contributed by atoms with E-state index < -0.39 is 63.9 Å². The van der Waals surface area contributed by atoms with Crippen LogP contribution in [0.15, 0.2) is 75.2 Å². The molecular weight excluding hydrogens is 621 g/mol. The van der Waals surface area contributed by atoms with Gasteiger partial charge in [0.2, 0.25) is 5.76 Å². The van der Waals surface area contributed by atoms with Gasteiger partial charge in [-0.1, -0.05) is 43.8 Å². The minimum absolute atomic E-state index is 0.0290. The Morgan fingerprint density at radius 1 is 1.18 bits per heavy atom. The summed E-state index contributed by atoms with van der Waals surface area (Å²) >= 11 is 2.69. The molecule has 0 amide bonds. The molecule has 0 bridgehead atoms. The number of ether oxygens (including phenoxy) is 1. The van der Waals surface area contributed by atoms with E-state index in [2.05, 4.69) is 4.98 Å². The van der Waals surface area contributed by atoms with E-state index in [0.717, 1.165) is 16.3 Å². The van der Waals surface area contributed by atoms with Gasteiger partial charge < -0.3 is 14.3 Å². The molecule has 3 fully saturated rings. The predicted octanol–water partition coefficient (Wildman–Crippen LogP) is 6.71. The Hall–Kier alpha value is -3.15. The Morgan fingerprint density at radius 3 is 2.69 bits per heavy atom. The zero-order valence-corrected chi connectivity index (χ0v) is 26.6. The van der Waals surface area contributed by atoms with Crippen molar-refractivity contribution in [3.8, 4) is 0 Å². The van der Waals surface area contributed by atoms with Crippen LogP contribution in [0.25, 0.3) is 10.2 Å². The number of carbonyl (C=O) groups is 3. The molecule has 1 aromatic carbocycles. The Kier molecular flexibility index (Phi) is 7.07. The Labute approximate surface area is 267 Å². The third-order valence-electron chi connectivity index (χ3n) is 11.2. The van der Waals surface area contributed by atoms with E-state index in [1.807, 2.05) is 24.3 Å². The Morgan fingerprint density at radius 2 is 1.96 bits per heavy atom. The SMILES string of the molecule is C[C@@H]1CC2C3C[C@H](F)C4=CC(=O)C=CC4(C)[C@@]3(F)[C@@H](O)CC2(C)[C@@]1(OC(=O)c1ccco1)C(=O)CSc1nc2ccccc2s1. The second-order valence-corrected chi connectivity index (χ2v) is 15.5. The van der Waals surface area contributed by atoms with Crippen LogP contribution >= 0.6 is 23.1 Å². The summed E-state index contributed by atoms with van der Waals surface area (Å²) in [6, 6.07) is 10.6. The zero-order valence-electron chi connectivity index (χ0n) is 25.0. The molecule has 3 aromatic rings. The summed E-state index contributed by atoms with van der Waals surface area (Å²) in [6.07, 6.45) is 1.64. The molecule has 4 unspecified atom stereocenters. The number of hydrogen-bond donors (Lipinski definition) is 1. The van der Waals surface area contributed by atoms with Crippen molar-refractivity contribution in [2.45, 2.75) is 67.9 Å². The number of aliphatic hydroxyl groups excluding tert-OH is 1. The Bertz CT molecular complexity index is 1740. The van der Waals surface area contributed by atoms with Crippen molar-refractivity contribution >= 4 is 50.9 Å². The number of hydrogen-bond acceptors (Lipinski definition) is 9. The number of benzene rings is 1. The number of Topliss-reactive ketones (excluding diaryl/α,β-unsaturated/α-hetero) is 1. The van der Waals surface area contributed by atoms with Gasteiger partial charge in [-0.05, 0) is 74.1 Å². The molecule has 7 nitrogen and oxygen atoms in total. The molecule has 0 radical (unpaired) electrons. The highest BCUT2D eigenvalue weighted by atomic mass is 32.2. The van der Waals surface area contributed by atoms with Crippen LogP contribution in [0.4, 0.5) is 8.78 Å². The summed E-state index contributed by atoms with van der Waals surface area (Å²) in [4.78, 5) is 45.0. The summed E-state index contributed by atoms with van der Waals surface area (Å²) in [5, 5.41) is 11.8. The van der Waals surface area contributed by atoms with Crippen molar-refractivity contribution in [3.05, 3.63) is 72.2 Å². The fraction of sp³-hybridized carbons (Fsp3) is 0.471. The molecule has 0 saturated heterocycles. The molecule has 236 valence electrons. The zero-order chi connectivity index (χ0) is 31.9. The van der Waals surface area contributed by atoms with Gasteiger partial charge in [-0.15, -0.1) is 11.3 Å². The van der Waals surface area contributed by atoms with Gasteiger partial charge in [-0.3, -0.25) is 9.59 Å². The van der Waals surface area contributed by atoms with E-state index >= 15 is 8.78 Å². The summed E-state index contributed by atoms with van der Waals surface area (Å²) in [5.41, 5.74) is -6.05. The monoisotopic (exact) mass is 653 g/mol. The van der Waals surface area contributed by atoms with Gasteiger partial charge in [-0.2, -0.15) is 0 Å². The number of thiazole rings is 1. The first-order valence-corrected chi connectivity index (χ1v) is 16.9. The molecule has 0 aliphatic heterocycles. The lowest BCUT2D eigenvalue weighted by Crippen LogP contribution is -2.71. The lowest BCUT2D eigenvalue weighted by Gasteiger charge is -2.63. The van der Waals surface area contributed by atoms with Crippen molar-refractivity contribution < 1.29 is 37.4 Å². The van der Waals surface area contributed by atoms with E-state index in [1.54, 1.807) is 13.8 Å². The van der Waals surface area contributed by atoms with Gasteiger partial charge in [0.15, 0.2) is 27.2 Å². The maximum atomic E-state index is 17.7. The van der Waals surface area contributed by atoms with Crippen molar-refractivity contribution in [1.82, 2.24) is 4.98 Å². The van der Waals surface area contributed by atoms with Gasteiger partial charge in [0.25, 0.3) is 0 Å². The lowest BCUT2D eigenvalue weighted by molar-refractivity contribution is -0.222. The van der Waals surface area contributed by atoms with E-state index in [9.17, 15) is 19.5 Å². The molecule has 0 spiro atoms. The molecule has 11 heteroatoms. The maximum absolute atomic E-state index is 17.7.